The molecule has 2 rings (SSSR count). The molecule has 0 saturated carbocycles. The van der Waals surface area contributed by atoms with Gasteiger partial charge in [-0.05, 0) is 10.8 Å². The Kier molecular flexibility index (Phi) is 3.34. The lowest BCUT2D eigenvalue weighted by Crippen LogP contribution is -2.45. The zero-order chi connectivity index (χ0) is 11.9. The van der Waals surface area contributed by atoms with E-state index in [2.05, 4.69) is 20.8 Å². The molecule has 0 aliphatic carbocycles. The molecular formula is C11H18N2OS2. The molecule has 1 aromatic heterocycles. The maximum absolute atomic E-state index is 12.1. The second-order valence-electron chi connectivity index (χ2n) is 5.25. The fraction of sp³-hybridized carbons (Fsp3) is 0.636. The van der Waals surface area contributed by atoms with Gasteiger partial charge in [0.2, 0.25) is 0 Å². The van der Waals surface area contributed by atoms with Crippen molar-refractivity contribution in [3.63, 3.8) is 0 Å². The Morgan fingerprint density at radius 3 is 2.88 bits per heavy atom. The van der Waals surface area contributed by atoms with Crippen LogP contribution in [0.25, 0.3) is 0 Å². The minimum Gasteiger partial charge on any atom is -0.593 e. The van der Waals surface area contributed by atoms with Crippen LogP contribution >= 0.6 is 11.3 Å². The Bertz CT molecular complexity index is 372. The highest BCUT2D eigenvalue weighted by molar-refractivity contribution is 7.89. The third kappa shape index (κ3) is 2.28. The van der Waals surface area contributed by atoms with E-state index in [1.807, 2.05) is 15.8 Å². The SMILES string of the molecule is CC(C)(C)C(N)CN1Cc2sccc2[S+]1[O-]. The van der Waals surface area contributed by atoms with E-state index < -0.39 is 11.4 Å². The number of nitrogens with zero attached hydrogens (tertiary/aromatic N) is 1. The Morgan fingerprint density at radius 2 is 2.31 bits per heavy atom. The molecule has 0 fully saturated rings. The summed E-state index contributed by atoms with van der Waals surface area (Å²) in [5, 5.41) is 2.00. The first-order chi connectivity index (χ1) is 7.39. The first-order valence-electron chi connectivity index (χ1n) is 5.38. The van der Waals surface area contributed by atoms with Crippen LogP contribution in [0.1, 0.15) is 25.6 Å². The molecule has 0 aromatic carbocycles. The highest BCUT2D eigenvalue weighted by Gasteiger charge is 2.37. The summed E-state index contributed by atoms with van der Waals surface area (Å²) in [6.45, 7) is 7.83. The smallest absolute Gasteiger partial charge is 0.189 e. The second-order valence-corrected chi connectivity index (χ2v) is 7.71. The van der Waals surface area contributed by atoms with Crippen molar-refractivity contribution in [2.45, 2.75) is 38.3 Å². The summed E-state index contributed by atoms with van der Waals surface area (Å²) in [6.07, 6.45) is 0. The molecular weight excluding hydrogens is 240 g/mol. The maximum atomic E-state index is 12.1. The minimum atomic E-state index is -0.996. The Balaban J connectivity index is 2.02. The quantitative estimate of drug-likeness (QED) is 0.825. The van der Waals surface area contributed by atoms with Gasteiger partial charge in [0.15, 0.2) is 4.90 Å². The molecule has 0 spiro atoms. The Labute approximate surface area is 104 Å². The number of nitrogens with two attached hydrogens (primary N) is 1. The van der Waals surface area contributed by atoms with E-state index in [1.54, 1.807) is 11.3 Å². The molecule has 1 aromatic rings. The molecule has 16 heavy (non-hydrogen) atoms. The van der Waals surface area contributed by atoms with Crippen LogP contribution in [0.15, 0.2) is 16.3 Å². The van der Waals surface area contributed by atoms with Gasteiger partial charge >= 0.3 is 0 Å². The van der Waals surface area contributed by atoms with Crippen LogP contribution in [0.4, 0.5) is 0 Å². The van der Waals surface area contributed by atoms with Crippen LogP contribution in [0, 0.1) is 5.41 Å². The van der Waals surface area contributed by atoms with Gasteiger partial charge in [-0.25, -0.2) is 0 Å². The highest BCUT2D eigenvalue weighted by Crippen LogP contribution is 2.34. The number of rotatable bonds is 2. The largest absolute Gasteiger partial charge is 0.593 e. The van der Waals surface area contributed by atoms with Crippen molar-refractivity contribution >= 4 is 22.7 Å². The number of fused-ring (bicyclic) bond motifs is 1. The Hall–Kier alpha value is -0.0700. The summed E-state index contributed by atoms with van der Waals surface area (Å²) >= 11 is 0.682. The summed E-state index contributed by atoms with van der Waals surface area (Å²) in [5.41, 5.74) is 6.18. The average molecular weight is 258 g/mol. The predicted molar refractivity (Wildman–Crippen MR) is 68.6 cm³/mol. The van der Waals surface area contributed by atoms with Crippen molar-refractivity contribution in [1.29, 1.82) is 0 Å². The summed E-state index contributed by atoms with van der Waals surface area (Å²) in [5.74, 6) is 0. The molecule has 2 N–H and O–H groups in total. The van der Waals surface area contributed by atoms with Crippen LogP contribution in [0.5, 0.6) is 0 Å². The van der Waals surface area contributed by atoms with Crippen LogP contribution in [-0.2, 0) is 17.9 Å². The van der Waals surface area contributed by atoms with Crippen molar-refractivity contribution in [2.24, 2.45) is 11.1 Å². The lowest BCUT2D eigenvalue weighted by molar-refractivity contribution is 0.266. The summed E-state index contributed by atoms with van der Waals surface area (Å²) in [6, 6.07) is 2.00. The van der Waals surface area contributed by atoms with E-state index in [0.717, 1.165) is 11.4 Å². The monoisotopic (exact) mass is 258 g/mol. The van der Waals surface area contributed by atoms with Crippen LogP contribution in [0.3, 0.4) is 0 Å². The molecule has 1 aliphatic heterocycles. The zero-order valence-electron chi connectivity index (χ0n) is 9.90. The van der Waals surface area contributed by atoms with Crippen molar-refractivity contribution in [1.82, 2.24) is 4.31 Å². The van der Waals surface area contributed by atoms with E-state index in [-0.39, 0.29) is 11.5 Å². The lowest BCUT2D eigenvalue weighted by atomic mass is 9.87. The first-order valence-corrected chi connectivity index (χ1v) is 7.37. The van der Waals surface area contributed by atoms with Crippen LogP contribution < -0.4 is 5.73 Å². The van der Waals surface area contributed by atoms with E-state index in [1.165, 1.54) is 4.88 Å². The fourth-order valence-electron chi connectivity index (χ4n) is 1.58. The van der Waals surface area contributed by atoms with E-state index in [4.69, 9.17) is 5.73 Å². The maximum Gasteiger partial charge on any atom is 0.189 e. The van der Waals surface area contributed by atoms with Gasteiger partial charge in [-0.3, -0.25) is 0 Å². The standard InChI is InChI=1S/C11H18N2OS2/c1-11(2,3)10(12)7-13-6-8-9(16(13)14)4-5-15-8/h4-5,10H,6-7,12H2,1-3H3. The summed E-state index contributed by atoms with van der Waals surface area (Å²) in [7, 11) is 0. The van der Waals surface area contributed by atoms with Gasteiger partial charge in [0.25, 0.3) is 0 Å². The molecule has 3 nitrogen and oxygen atoms in total. The third-order valence-corrected chi connectivity index (χ3v) is 5.50. The summed E-state index contributed by atoms with van der Waals surface area (Å²) in [4.78, 5) is 2.20. The van der Waals surface area contributed by atoms with Crippen molar-refractivity contribution in [3.05, 3.63) is 16.3 Å². The minimum absolute atomic E-state index is 0.0467. The van der Waals surface area contributed by atoms with Crippen LogP contribution in [0.2, 0.25) is 0 Å². The van der Waals surface area contributed by atoms with Crippen molar-refractivity contribution in [3.8, 4) is 0 Å². The van der Waals surface area contributed by atoms with Gasteiger partial charge in [0.1, 0.15) is 0 Å². The molecule has 1 aliphatic rings. The summed E-state index contributed by atoms with van der Waals surface area (Å²) < 4.78 is 14.1. The van der Waals surface area contributed by atoms with Gasteiger partial charge in [-0.1, -0.05) is 20.8 Å². The first kappa shape index (κ1) is 12.4. The predicted octanol–water partition coefficient (Wildman–Crippen LogP) is 1.96. The van der Waals surface area contributed by atoms with Crippen molar-refractivity contribution < 1.29 is 4.55 Å². The van der Waals surface area contributed by atoms with Gasteiger partial charge < -0.3 is 10.3 Å². The van der Waals surface area contributed by atoms with Crippen LogP contribution in [-0.4, -0.2) is 21.4 Å². The second kappa shape index (κ2) is 4.31. The highest BCUT2D eigenvalue weighted by atomic mass is 32.2. The zero-order valence-corrected chi connectivity index (χ0v) is 11.5. The van der Waals surface area contributed by atoms with Gasteiger partial charge in [-0.2, -0.15) is 0 Å². The van der Waals surface area contributed by atoms with Gasteiger partial charge in [0, 0.05) is 12.1 Å². The topological polar surface area (TPSA) is 52.3 Å². The van der Waals surface area contributed by atoms with E-state index in [0.29, 0.717) is 6.54 Å². The Morgan fingerprint density at radius 1 is 1.62 bits per heavy atom. The molecule has 0 radical (unpaired) electrons. The lowest BCUT2D eigenvalue weighted by Gasteiger charge is -2.29. The fourth-order valence-corrected chi connectivity index (χ4v) is 4.16. The molecule has 5 heteroatoms. The number of hydrogen-bond acceptors (Lipinski definition) is 4. The normalized spacial score (nSPS) is 23.4. The molecule has 0 bridgehead atoms. The molecule has 2 unspecified atom stereocenters. The molecule has 0 saturated heterocycles. The molecule has 2 heterocycles. The van der Waals surface area contributed by atoms with E-state index >= 15 is 0 Å². The third-order valence-electron chi connectivity index (χ3n) is 2.96. The molecule has 0 amide bonds. The number of hydrogen-bond donors (Lipinski definition) is 1. The molecule has 90 valence electrons. The molecule has 2 atom stereocenters. The van der Waals surface area contributed by atoms with Gasteiger partial charge in [0.05, 0.1) is 29.3 Å². The van der Waals surface area contributed by atoms with Gasteiger partial charge in [-0.15, -0.1) is 15.6 Å². The number of thiophene rings is 1. The average Bonchev–Trinajstić information content (AvgIpc) is 2.70. The van der Waals surface area contributed by atoms with Crippen molar-refractivity contribution in [2.75, 3.05) is 6.54 Å². The van der Waals surface area contributed by atoms with E-state index in [9.17, 15) is 4.55 Å².